The van der Waals surface area contributed by atoms with Gasteiger partial charge in [-0.3, -0.25) is 4.79 Å². The normalized spacial score (nSPS) is 9.92. The van der Waals surface area contributed by atoms with Gasteiger partial charge >= 0.3 is 0 Å². The molecule has 0 saturated carbocycles. The lowest BCUT2D eigenvalue weighted by atomic mass is 10.0. The summed E-state index contributed by atoms with van der Waals surface area (Å²) in [5.41, 5.74) is 2.07. The first-order valence-electron chi connectivity index (χ1n) is 3.81. The van der Waals surface area contributed by atoms with E-state index in [0.29, 0.717) is 11.1 Å². The molecule has 0 heterocycles. The minimum Gasteiger partial charge on any atom is -0.295 e. The minimum absolute atomic E-state index is 0.0234. The number of rotatable bonds is 2. The molecule has 0 aliphatic heterocycles. The van der Waals surface area contributed by atoms with Gasteiger partial charge in [0.15, 0.2) is 5.78 Å². The van der Waals surface area contributed by atoms with Crippen LogP contribution in [0.15, 0.2) is 18.2 Å². The topological polar surface area (TPSA) is 17.1 Å². The van der Waals surface area contributed by atoms with Gasteiger partial charge in [0.2, 0.25) is 0 Å². The first-order valence-corrected chi connectivity index (χ1v) is 3.81. The molecule has 12 heavy (non-hydrogen) atoms. The summed E-state index contributed by atoms with van der Waals surface area (Å²) in [4.78, 5) is 10.9. The first-order chi connectivity index (χ1) is 5.65. The molecule has 64 valence electrons. The van der Waals surface area contributed by atoms with Crippen molar-refractivity contribution < 1.29 is 9.18 Å². The van der Waals surface area contributed by atoms with Crippen molar-refractivity contribution in [1.29, 1.82) is 0 Å². The number of ketones is 1. The average Bonchev–Trinajstić information content (AvgIpc) is 2.05. The third-order valence-electron chi connectivity index (χ3n) is 1.90. The van der Waals surface area contributed by atoms with Gasteiger partial charge in [0.1, 0.15) is 6.67 Å². The predicted octanol–water partition coefficient (Wildman–Crippen LogP) is 2.67. The fourth-order valence-electron chi connectivity index (χ4n) is 1.03. The van der Waals surface area contributed by atoms with Gasteiger partial charge in [-0.2, -0.15) is 0 Å². The van der Waals surface area contributed by atoms with Gasteiger partial charge in [0.05, 0.1) is 0 Å². The third-order valence-corrected chi connectivity index (χ3v) is 1.90. The number of hydrogen-bond donors (Lipinski definition) is 0. The van der Waals surface area contributed by atoms with Gasteiger partial charge in [0, 0.05) is 5.56 Å². The summed E-state index contributed by atoms with van der Waals surface area (Å²) in [6, 6.07) is 5.10. The van der Waals surface area contributed by atoms with Crippen LogP contribution in [0, 0.1) is 6.92 Å². The van der Waals surface area contributed by atoms with Crippen molar-refractivity contribution in [1.82, 2.24) is 0 Å². The van der Waals surface area contributed by atoms with Crippen molar-refractivity contribution in [3.05, 3.63) is 34.9 Å². The highest BCUT2D eigenvalue weighted by molar-refractivity contribution is 5.94. The van der Waals surface area contributed by atoms with Crippen LogP contribution in [-0.4, -0.2) is 5.78 Å². The van der Waals surface area contributed by atoms with Crippen LogP contribution in [0.2, 0.25) is 0 Å². The molecule has 0 unspecified atom stereocenters. The van der Waals surface area contributed by atoms with Crippen LogP contribution >= 0.6 is 0 Å². The fraction of sp³-hybridized carbons (Fsp3) is 0.300. The number of carbonyl (C=O) groups is 1. The van der Waals surface area contributed by atoms with E-state index in [1.165, 1.54) is 6.92 Å². The Morgan fingerprint density at radius 2 is 2.17 bits per heavy atom. The lowest BCUT2D eigenvalue weighted by Gasteiger charge is -2.02. The zero-order valence-corrected chi connectivity index (χ0v) is 7.23. The SMILES string of the molecule is CC(=O)c1ccc(C)c(CF)c1. The Morgan fingerprint density at radius 1 is 1.50 bits per heavy atom. The van der Waals surface area contributed by atoms with Crippen LogP contribution in [0.4, 0.5) is 4.39 Å². The van der Waals surface area contributed by atoms with Crippen molar-refractivity contribution in [2.75, 3.05) is 0 Å². The second-order valence-corrected chi connectivity index (χ2v) is 2.83. The van der Waals surface area contributed by atoms with E-state index in [0.717, 1.165) is 5.56 Å². The Morgan fingerprint density at radius 3 is 2.67 bits per heavy atom. The van der Waals surface area contributed by atoms with Gasteiger partial charge in [-0.25, -0.2) is 4.39 Å². The van der Waals surface area contributed by atoms with E-state index in [-0.39, 0.29) is 5.78 Å². The van der Waals surface area contributed by atoms with E-state index < -0.39 is 6.67 Å². The zero-order valence-electron chi connectivity index (χ0n) is 7.23. The van der Waals surface area contributed by atoms with Crippen molar-refractivity contribution >= 4 is 5.78 Å². The first kappa shape index (κ1) is 8.91. The number of benzene rings is 1. The Bertz CT molecular complexity index is 305. The number of alkyl halides is 1. The Labute approximate surface area is 71.2 Å². The second kappa shape index (κ2) is 3.48. The van der Waals surface area contributed by atoms with Crippen molar-refractivity contribution in [3.8, 4) is 0 Å². The summed E-state index contributed by atoms with van der Waals surface area (Å²) in [5, 5.41) is 0. The Hall–Kier alpha value is -1.18. The number of carbonyl (C=O) groups excluding carboxylic acids is 1. The lowest BCUT2D eigenvalue weighted by Crippen LogP contribution is -1.94. The molecule has 1 aromatic rings. The molecule has 0 fully saturated rings. The number of Topliss-reactive ketones (excluding diaryl/α,β-unsaturated/α-hetero) is 1. The second-order valence-electron chi connectivity index (χ2n) is 2.83. The monoisotopic (exact) mass is 166 g/mol. The summed E-state index contributed by atoms with van der Waals surface area (Å²) in [6.45, 7) is 2.80. The number of aryl methyl sites for hydroxylation is 1. The maximum Gasteiger partial charge on any atom is 0.159 e. The van der Waals surface area contributed by atoms with E-state index >= 15 is 0 Å². The molecule has 2 heteroatoms. The van der Waals surface area contributed by atoms with E-state index in [1.807, 2.05) is 6.92 Å². The summed E-state index contributed by atoms with van der Waals surface area (Å²) in [6.07, 6.45) is 0. The average molecular weight is 166 g/mol. The molecule has 0 radical (unpaired) electrons. The fourth-order valence-corrected chi connectivity index (χ4v) is 1.03. The maximum atomic E-state index is 12.3. The molecule has 0 saturated heterocycles. The van der Waals surface area contributed by atoms with Gasteiger partial charge in [0.25, 0.3) is 0 Å². The van der Waals surface area contributed by atoms with Gasteiger partial charge < -0.3 is 0 Å². The molecule has 0 aromatic heterocycles. The van der Waals surface area contributed by atoms with Crippen LogP contribution in [-0.2, 0) is 6.67 Å². The molecular formula is C10H11FO. The van der Waals surface area contributed by atoms with Crippen LogP contribution in [0.25, 0.3) is 0 Å². The Balaban J connectivity index is 3.13. The zero-order chi connectivity index (χ0) is 9.14. The van der Waals surface area contributed by atoms with Crippen LogP contribution in [0.5, 0.6) is 0 Å². The van der Waals surface area contributed by atoms with Gasteiger partial charge in [-0.05, 0) is 31.0 Å². The molecule has 1 nitrogen and oxygen atoms in total. The van der Waals surface area contributed by atoms with Gasteiger partial charge in [-0.1, -0.05) is 12.1 Å². The van der Waals surface area contributed by atoms with Crippen molar-refractivity contribution in [2.24, 2.45) is 0 Å². The highest BCUT2D eigenvalue weighted by atomic mass is 19.1. The molecule has 0 aliphatic rings. The molecule has 0 spiro atoms. The van der Waals surface area contributed by atoms with Crippen LogP contribution in [0.1, 0.15) is 28.4 Å². The molecule has 0 amide bonds. The van der Waals surface area contributed by atoms with E-state index in [4.69, 9.17) is 0 Å². The third kappa shape index (κ3) is 1.70. The summed E-state index contributed by atoms with van der Waals surface area (Å²) in [7, 11) is 0. The Kier molecular flexibility index (Phi) is 2.58. The molecule has 0 bridgehead atoms. The maximum absolute atomic E-state index is 12.3. The summed E-state index contributed by atoms with van der Waals surface area (Å²) < 4.78 is 12.3. The number of halogens is 1. The van der Waals surface area contributed by atoms with Crippen molar-refractivity contribution in [2.45, 2.75) is 20.5 Å². The summed E-state index contributed by atoms with van der Waals surface area (Å²) >= 11 is 0. The largest absolute Gasteiger partial charge is 0.295 e. The predicted molar refractivity (Wildman–Crippen MR) is 46.0 cm³/mol. The minimum atomic E-state index is -0.507. The smallest absolute Gasteiger partial charge is 0.159 e. The molecule has 0 atom stereocenters. The van der Waals surface area contributed by atoms with E-state index in [1.54, 1.807) is 18.2 Å². The molecular weight excluding hydrogens is 155 g/mol. The van der Waals surface area contributed by atoms with E-state index in [2.05, 4.69) is 0 Å². The van der Waals surface area contributed by atoms with Crippen molar-refractivity contribution in [3.63, 3.8) is 0 Å². The number of hydrogen-bond acceptors (Lipinski definition) is 1. The highest BCUT2D eigenvalue weighted by Crippen LogP contribution is 2.12. The highest BCUT2D eigenvalue weighted by Gasteiger charge is 2.02. The van der Waals surface area contributed by atoms with Gasteiger partial charge in [-0.15, -0.1) is 0 Å². The molecule has 0 aliphatic carbocycles. The summed E-state index contributed by atoms with van der Waals surface area (Å²) in [5.74, 6) is -0.0234. The van der Waals surface area contributed by atoms with E-state index in [9.17, 15) is 9.18 Å². The molecule has 1 rings (SSSR count). The van der Waals surface area contributed by atoms with Crippen LogP contribution < -0.4 is 0 Å². The molecule has 0 N–H and O–H groups in total. The quantitative estimate of drug-likeness (QED) is 0.617. The lowest BCUT2D eigenvalue weighted by molar-refractivity contribution is 0.101. The molecule has 1 aromatic carbocycles. The standard InChI is InChI=1S/C10H11FO/c1-7-3-4-9(8(2)12)5-10(7)6-11/h3-5H,6H2,1-2H3. The van der Waals surface area contributed by atoms with Crippen LogP contribution in [0.3, 0.4) is 0 Å².